The summed E-state index contributed by atoms with van der Waals surface area (Å²) >= 11 is 0. The summed E-state index contributed by atoms with van der Waals surface area (Å²) in [6.07, 6.45) is 1.70. The number of urea groups is 1. The van der Waals surface area contributed by atoms with Crippen LogP contribution in [-0.2, 0) is 16.1 Å². The molecule has 0 spiro atoms. The number of amides is 3. The van der Waals surface area contributed by atoms with E-state index in [2.05, 4.69) is 16.0 Å². The first-order valence-electron chi connectivity index (χ1n) is 8.47. The Morgan fingerprint density at radius 1 is 1.28 bits per heavy atom. The van der Waals surface area contributed by atoms with E-state index in [4.69, 9.17) is 4.74 Å². The first kappa shape index (κ1) is 19.5. The van der Waals surface area contributed by atoms with Crippen LogP contribution in [0.1, 0.15) is 18.4 Å². The molecule has 0 aromatic heterocycles. The fraction of sp³-hybridized carbons (Fsp3) is 0.529. The lowest BCUT2D eigenvalue weighted by Gasteiger charge is -2.22. The van der Waals surface area contributed by atoms with Gasteiger partial charge in [0.25, 0.3) is 5.91 Å². The molecule has 8 heteroatoms. The number of hydrogen-bond acceptors (Lipinski definition) is 4. The highest BCUT2D eigenvalue weighted by molar-refractivity contribution is 5.89. The lowest BCUT2D eigenvalue weighted by atomic mass is 10.2. The molecule has 7 nitrogen and oxygen atoms in total. The summed E-state index contributed by atoms with van der Waals surface area (Å²) in [4.78, 5) is 26.0. The van der Waals surface area contributed by atoms with E-state index < -0.39 is 6.10 Å². The molecule has 3 amide bonds. The number of hydrogen-bond donors (Lipinski definition) is 3. The van der Waals surface area contributed by atoms with E-state index in [0.717, 1.165) is 43.7 Å². The van der Waals surface area contributed by atoms with Gasteiger partial charge >= 0.3 is 6.03 Å². The van der Waals surface area contributed by atoms with Gasteiger partial charge in [0.15, 0.2) is 0 Å². The predicted molar refractivity (Wildman–Crippen MR) is 98.0 cm³/mol. The Morgan fingerprint density at radius 2 is 2.08 bits per heavy atom. The molecule has 0 radical (unpaired) electrons. The van der Waals surface area contributed by atoms with Gasteiger partial charge in [-0.25, -0.2) is 4.79 Å². The van der Waals surface area contributed by atoms with E-state index in [1.54, 1.807) is 0 Å². The molecule has 0 bridgehead atoms. The minimum atomic E-state index is -0.434. The van der Waals surface area contributed by atoms with Gasteiger partial charge in [-0.1, -0.05) is 12.1 Å². The number of benzene rings is 1. The number of morpholine rings is 1. The molecule has 3 rings (SSSR count). The number of nitrogens with one attached hydrogen (secondary N) is 3. The van der Waals surface area contributed by atoms with Crippen LogP contribution in [0, 0.1) is 0 Å². The molecular weight excluding hydrogens is 344 g/mol. The summed E-state index contributed by atoms with van der Waals surface area (Å²) in [5.41, 5.74) is 1.68. The monoisotopic (exact) mass is 368 g/mol. The SMILES string of the molecule is Cl.O=C(NCc1cccc(NC(=O)N2CCCC2)c1)C1CNCCO1. The first-order chi connectivity index (χ1) is 11.7. The van der Waals surface area contributed by atoms with Crippen molar-refractivity contribution in [2.75, 3.05) is 38.1 Å². The quantitative estimate of drug-likeness (QED) is 0.749. The van der Waals surface area contributed by atoms with E-state index in [9.17, 15) is 9.59 Å². The van der Waals surface area contributed by atoms with Crippen molar-refractivity contribution in [3.05, 3.63) is 29.8 Å². The van der Waals surface area contributed by atoms with E-state index in [1.807, 2.05) is 29.2 Å². The van der Waals surface area contributed by atoms with Crippen LogP contribution in [0.2, 0.25) is 0 Å². The maximum Gasteiger partial charge on any atom is 0.321 e. The van der Waals surface area contributed by atoms with Crippen LogP contribution >= 0.6 is 12.4 Å². The Bertz CT molecular complexity index is 587. The maximum absolute atomic E-state index is 12.1. The number of halogens is 1. The fourth-order valence-corrected chi connectivity index (χ4v) is 2.92. The predicted octanol–water partition coefficient (Wildman–Crippen LogP) is 1.34. The van der Waals surface area contributed by atoms with E-state index in [-0.39, 0.29) is 24.3 Å². The van der Waals surface area contributed by atoms with Gasteiger partial charge in [0, 0.05) is 38.4 Å². The number of nitrogens with zero attached hydrogens (tertiary/aromatic N) is 1. The zero-order valence-electron chi connectivity index (χ0n) is 14.1. The Hall–Kier alpha value is -1.83. The third-order valence-corrected chi connectivity index (χ3v) is 4.26. The molecule has 1 unspecified atom stereocenters. The number of carbonyl (C=O) groups is 2. The molecule has 25 heavy (non-hydrogen) atoms. The highest BCUT2D eigenvalue weighted by Gasteiger charge is 2.21. The molecule has 138 valence electrons. The van der Waals surface area contributed by atoms with Gasteiger partial charge in [-0.15, -0.1) is 12.4 Å². The molecule has 1 aromatic rings. The van der Waals surface area contributed by atoms with E-state index in [0.29, 0.717) is 19.7 Å². The van der Waals surface area contributed by atoms with Crippen LogP contribution < -0.4 is 16.0 Å². The van der Waals surface area contributed by atoms with Crippen molar-refractivity contribution in [3.8, 4) is 0 Å². The van der Waals surface area contributed by atoms with Crippen molar-refractivity contribution < 1.29 is 14.3 Å². The highest BCUT2D eigenvalue weighted by Crippen LogP contribution is 2.14. The Balaban J connectivity index is 0.00000225. The second kappa shape index (κ2) is 9.60. The summed E-state index contributed by atoms with van der Waals surface area (Å²) in [5, 5.41) is 8.93. The van der Waals surface area contributed by atoms with Crippen LogP contribution in [0.4, 0.5) is 10.5 Å². The minimum absolute atomic E-state index is 0. The normalized spacial score (nSPS) is 19.8. The Kier molecular flexibility index (Phi) is 7.49. The third-order valence-electron chi connectivity index (χ3n) is 4.26. The van der Waals surface area contributed by atoms with Crippen molar-refractivity contribution in [2.24, 2.45) is 0 Å². The molecule has 2 saturated heterocycles. The summed E-state index contributed by atoms with van der Waals surface area (Å²) in [6, 6.07) is 7.48. The van der Waals surface area contributed by atoms with Crippen molar-refractivity contribution >= 4 is 30.0 Å². The van der Waals surface area contributed by atoms with Crippen molar-refractivity contribution in [1.82, 2.24) is 15.5 Å². The van der Waals surface area contributed by atoms with Crippen molar-refractivity contribution in [1.29, 1.82) is 0 Å². The largest absolute Gasteiger partial charge is 0.366 e. The van der Waals surface area contributed by atoms with Gasteiger partial charge in [0.1, 0.15) is 6.10 Å². The van der Waals surface area contributed by atoms with Crippen LogP contribution in [0.3, 0.4) is 0 Å². The lowest BCUT2D eigenvalue weighted by molar-refractivity contribution is -0.134. The average molecular weight is 369 g/mol. The second-order valence-electron chi connectivity index (χ2n) is 6.11. The summed E-state index contributed by atoms with van der Waals surface area (Å²) in [6.45, 7) is 3.91. The zero-order chi connectivity index (χ0) is 16.8. The Labute approximate surface area is 153 Å². The Morgan fingerprint density at radius 3 is 2.80 bits per heavy atom. The van der Waals surface area contributed by atoms with Gasteiger partial charge in [-0.05, 0) is 30.5 Å². The highest BCUT2D eigenvalue weighted by atomic mass is 35.5. The summed E-state index contributed by atoms with van der Waals surface area (Å²) in [7, 11) is 0. The molecular formula is C17H25ClN4O3. The van der Waals surface area contributed by atoms with Gasteiger partial charge in [0.2, 0.25) is 0 Å². The number of rotatable bonds is 4. The molecule has 2 aliphatic heterocycles. The molecule has 2 aliphatic rings. The van der Waals surface area contributed by atoms with Crippen LogP contribution in [0.5, 0.6) is 0 Å². The van der Waals surface area contributed by atoms with Crippen molar-refractivity contribution in [3.63, 3.8) is 0 Å². The maximum atomic E-state index is 12.1. The average Bonchev–Trinajstić information content (AvgIpc) is 3.15. The van der Waals surface area contributed by atoms with E-state index in [1.165, 1.54) is 0 Å². The number of ether oxygens (including phenoxy) is 1. The standard InChI is InChI=1S/C17H24N4O3.ClH/c22-16(15-12-18-6-9-24-15)19-11-13-4-3-5-14(10-13)20-17(23)21-7-1-2-8-21;/h3-5,10,15,18H,1-2,6-9,11-12H2,(H,19,22)(H,20,23);1H. The summed E-state index contributed by atoms with van der Waals surface area (Å²) < 4.78 is 5.42. The summed E-state index contributed by atoms with van der Waals surface area (Å²) in [5.74, 6) is -0.117. The van der Waals surface area contributed by atoms with Crippen LogP contribution in [0.25, 0.3) is 0 Å². The molecule has 3 N–H and O–H groups in total. The number of likely N-dealkylation sites (tertiary alicyclic amines) is 1. The minimum Gasteiger partial charge on any atom is -0.366 e. The topological polar surface area (TPSA) is 82.7 Å². The molecule has 2 fully saturated rings. The van der Waals surface area contributed by atoms with Gasteiger partial charge in [0.05, 0.1) is 6.61 Å². The van der Waals surface area contributed by atoms with Gasteiger partial charge < -0.3 is 25.6 Å². The molecule has 1 aromatic carbocycles. The first-order valence-corrected chi connectivity index (χ1v) is 8.47. The third kappa shape index (κ3) is 5.59. The van der Waals surface area contributed by atoms with Crippen LogP contribution in [-0.4, -0.2) is 55.7 Å². The smallest absolute Gasteiger partial charge is 0.321 e. The molecule has 2 heterocycles. The second-order valence-corrected chi connectivity index (χ2v) is 6.11. The van der Waals surface area contributed by atoms with E-state index >= 15 is 0 Å². The molecule has 0 saturated carbocycles. The fourth-order valence-electron chi connectivity index (χ4n) is 2.92. The molecule has 0 aliphatic carbocycles. The van der Waals surface area contributed by atoms with Gasteiger partial charge in [-0.2, -0.15) is 0 Å². The van der Waals surface area contributed by atoms with Gasteiger partial charge in [-0.3, -0.25) is 4.79 Å². The van der Waals surface area contributed by atoms with Crippen molar-refractivity contribution in [2.45, 2.75) is 25.5 Å². The van der Waals surface area contributed by atoms with Crippen LogP contribution in [0.15, 0.2) is 24.3 Å². The number of anilines is 1. The number of carbonyl (C=O) groups excluding carboxylic acids is 2. The molecule has 1 atom stereocenters. The lowest BCUT2D eigenvalue weighted by Crippen LogP contribution is -2.47. The zero-order valence-corrected chi connectivity index (χ0v) is 14.9.